The minimum absolute atomic E-state index is 0.261. The number of hydrogen-bond donors (Lipinski definition) is 1. The fraction of sp³-hybridized carbons (Fsp3) is 0.278. The van der Waals surface area contributed by atoms with Gasteiger partial charge in [0, 0.05) is 12.8 Å². The van der Waals surface area contributed by atoms with Crippen LogP contribution in [0.2, 0.25) is 5.02 Å². The average molecular weight is 350 g/mol. The molecule has 1 N–H and O–H groups in total. The molecule has 0 aromatic heterocycles. The molecule has 0 spiro atoms. The number of carbonyl (C=O) groups excluding carboxylic acids is 1. The molecule has 0 aliphatic heterocycles. The summed E-state index contributed by atoms with van der Waals surface area (Å²) >= 11 is 6.02. The first-order chi connectivity index (χ1) is 11.6. The molecule has 128 valence electrons. The molecule has 6 heteroatoms. The van der Waals surface area contributed by atoms with E-state index in [2.05, 4.69) is 5.32 Å². The van der Waals surface area contributed by atoms with Crippen LogP contribution in [0.3, 0.4) is 0 Å². The Kier molecular flexibility index (Phi) is 6.90. The Morgan fingerprint density at radius 3 is 2.50 bits per heavy atom. The number of benzene rings is 2. The number of para-hydroxylation sites is 1. The SMILES string of the molecule is COCCOc1ccc(NC(=O)C(C)Oc2ccccc2Cl)cc1. The number of nitrogens with one attached hydrogen (secondary N) is 1. The van der Waals surface area contributed by atoms with Gasteiger partial charge in [0.05, 0.1) is 11.6 Å². The Hall–Kier alpha value is -2.24. The van der Waals surface area contributed by atoms with E-state index in [-0.39, 0.29) is 5.91 Å². The Morgan fingerprint density at radius 2 is 1.83 bits per heavy atom. The van der Waals surface area contributed by atoms with Gasteiger partial charge in [-0.1, -0.05) is 23.7 Å². The Bertz CT molecular complexity index is 660. The first-order valence-corrected chi connectivity index (χ1v) is 7.92. The lowest BCUT2D eigenvalue weighted by Gasteiger charge is -2.15. The molecule has 1 unspecified atom stereocenters. The molecular weight excluding hydrogens is 330 g/mol. The zero-order valence-electron chi connectivity index (χ0n) is 13.6. The quantitative estimate of drug-likeness (QED) is 0.737. The van der Waals surface area contributed by atoms with Crippen LogP contribution >= 0.6 is 11.6 Å². The molecular formula is C18H20ClNO4. The number of anilines is 1. The highest BCUT2D eigenvalue weighted by molar-refractivity contribution is 6.32. The number of hydrogen-bond acceptors (Lipinski definition) is 4. The van der Waals surface area contributed by atoms with Gasteiger partial charge < -0.3 is 19.5 Å². The predicted molar refractivity (Wildman–Crippen MR) is 94.0 cm³/mol. The molecule has 0 bridgehead atoms. The van der Waals surface area contributed by atoms with E-state index in [0.717, 1.165) is 0 Å². The third-order valence-corrected chi connectivity index (χ3v) is 3.50. The van der Waals surface area contributed by atoms with Gasteiger partial charge in [0.15, 0.2) is 6.10 Å². The van der Waals surface area contributed by atoms with Crippen molar-refractivity contribution in [1.29, 1.82) is 0 Å². The number of ether oxygens (including phenoxy) is 3. The van der Waals surface area contributed by atoms with Gasteiger partial charge in [-0.05, 0) is 43.3 Å². The molecule has 1 amide bonds. The first-order valence-electron chi connectivity index (χ1n) is 7.54. The predicted octanol–water partition coefficient (Wildman–Crippen LogP) is 3.77. The van der Waals surface area contributed by atoms with Gasteiger partial charge in [-0.2, -0.15) is 0 Å². The van der Waals surface area contributed by atoms with Crippen LogP contribution in [0, 0.1) is 0 Å². The molecule has 0 saturated carbocycles. The van der Waals surface area contributed by atoms with Crippen molar-refractivity contribution in [2.75, 3.05) is 25.6 Å². The zero-order valence-corrected chi connectivity index (χ0v) is 14.4. The maximum atomic E-state index is 12.2. The van der Waals surface area contributed by atoms with E-state index in [0.29, 0.717) is 35.4 Å². The molecule has 2 rings (SSSR count). The van der Waals surface area contributed by atoms with Crippen molar-refractivity contribution in [1.82, 2.24) is 0 Å². The molecule has 0 heterocycles. The largest absolute Gasteiger partial charge is 0.491 e. The van der Waals surface area contributed by atoms with Gasteiger partial charge in [0.1, 0.15) is 18.1 Å². The molecule has 0 saturated heterocycles. The average Bonchev–Trinajstić information content (AvgIpc) is 2.58. The van der Waals surface area contributed by atoms with Crippen molar-refractivity contribution < 1.29 is 19.0 Å². The molecule has 0 fully saturated rings. The molecule has 24 heavy (non-hydrogen) atoms. The van der Waals surface area contributed by atoms with Crippen molar-refractivity contribution in [2.24, 2.45) is 0 Å². The van der Waals surface area contributed by atoms with E-state index >= 15 is 0 Å². The fourth-order valence-corrected chi connectivity index (χ4v) is 2.09. The summed E-state index contributed by atoms with van der Waals surface area (Å²) in [6.45, 7) is 2.67. The fourth-order valence-electron chi connectivity index (χ4n) is 1.91. The molecule has 2 aromatic carbocycles. The van der Waals surface area contributed by atoms with Crippen LogP contribution in [0.4, 0.5) is 5.69 Å². The summed E-state index contributed by atoms with van der Waals surface area (Å²) < 4.78 is 16.0. The highest BCUT2D eigenvalue weighted by atomic mass is 35.5. The number of rotatable bonds is 8. The maximum absolute atomic E-state index is 12.2. The van der Waals surface area contributed by atoms with Crippen LogP contribution in [0.15, 0.2) is 48.5 Å². The number of carbonyl (C=O) groups is 1. The summed E-state index contributed by atoms with van der Waals surface area (Å²) in [5, 5.41) is 3.26. The van der Waals surface area contributed by atoms with Crippen molar-refractivity contribution >= 4 is 23.2 Å². The lowest BCUT2D eigenvalue weighted by molar-refractivity contribution is -0.122. The van der Waals surface area contributed by atoms with Crippen LogP contribution in [0.25, 0.3) is 0 Å². The van der Waals surface area contributed by atoms with E-state index in [1.165, 1.54) is 0 Å². The highest BCUT2D eigenvalue weighted by Crippen LogP contribution is 2.24. The van der Waals surface area contributed by atoms with E-state index in [1.54, 1.807) is 62.6 Å². The van der Waals surface area contributed by atoms with Crippen LogP contribution < -0.4 is 14.8 Å². The van der Waals surface area contributed by atoms with E-state index in [9.17, 15) is 4.79 Å². The summed E-state index contributed by atoms with van der Waals surface area (Å²) in [6.07, 6.45) is -0.678. The third-order valence-electron chi connectivity index (χ3n) is 3.19. The van der Waals surface area contributed by atoms with Gasteiger partial charge in [0.25, 0.3) is 5.91 Å². The molecule has 2 aromatic rings. The van der Waals surface area contributed by atoms with Gasteiger partial charge in [-0.15, -0.1) is 0 Å². The standard InChI is InChI=1S/C18H20ClNO4/c1-13(24-17-6-4-3-5-16(17)19)18(21)20-14-7-9-15(10-8-14)23-12-11-22-2/h3-10,13H,11-12H2,1-2H3,(H,20,21). The molecule has 1 atom stereocenters. The van der Waals surface area contributed by atoms with E-state index in [4.69, 9.17) is 25.8 Å². The maximum Gasteiger partial charge on any atom is 0.265 e. The van der Waals surface area contributed by atoms with E-state index < -0.39 is 6.10 Å². The molecule has 0 aliphatic carbocycles. The minimum atomic E-state index is -0.678. The van der Waals surface area contributed by atoms with Crippen molar-refractivity contribution in [2.45, 2.75) is 13.0 Å². The Labute approximate surface area is 146 Å². The van der Waals surface area contributed by atoms with E-state index in [1.807, 2.05) is 0 Å². The zero-order chi connectivity index (χ0) is 17.4. The molecule has 5 nitrogen and oxygen atoms in total. The van der Waals surface area contributed by atoms with Gasteiger partial charge in [-0.3, -0.25) is 4.79 Å². The summed E-state index contributed by atoms with van der Waals surface area (Å²) in [6, 6.07) is 14.1. The third kappa shape index (κ3) is 5.44. The van der Waals surface area contributed by atoms with Crippen LogP contribution in [-0.4, -0.2) is 32.3 Å². The number of methoxy groups -OCH3 is 1. The Balaban J connectivity index is 1.88. The van der Waals surface area contributed by atoms with Gasteiger partial charge in [0.2, 0.25) is 0 Å². The van der Waals surface area contributed by atoms with Crippen molar-refractivity contribution in [3.05, 3.63) is 53.6 Å². The van der Waals surface area contributed by atoms with Crippen LogP contribution in [0.1, 0.15) is 6.92 Å². The highest BCUT2D eigenvalue weighted by Gasteiger charge is 2.16. The molecule has 0 radical (unpaired) electrons. The smallest absolute Gasteiger partial charge is 0.265 e. The summed E-state index contributed by atoms with van der Waals surface area (Å²) in [4.78, 5) is 12.2. The van der Waals surface area contributed by atoms with Gasteiger partial charge in [-0.25, -0.2) is 0 Å². The second kappa shape index (κ2) is 9.15. The van der Waals surface area contributed by atoms with Crippen LogP contribution in [-0.2, 0) is 9.53 Å². The summed E-state index contributed by atoms with van der Waals surface area (Å²) in [5.41, 5.74) is 0.661. The van der Waals surface area contributed by atoms with Crippen LogP contribution in [0.5, 0.6) is 11.5 Å². The normalized spacial score (nSPS) is 11.6. The van der Waals surface area contributed by atoms with Crippen molar-refractivity contribution in [3.8, 4) is 11.5 Å². The number of halogens is 1. The second-order valence-corrected chi connectivity index (χ2v) is 5.45. The summed E-state index contributed by atoms with van der Waals surface area (Å²) in [7, 11) is 1.62. The second-order valence-electron chi connectivity index (χ2n) is 5.05. The first kappa shape index (κ1) is 18.1. The van der Waals surface area contributed by atoms with Gasteiger partial charge >= 0.3 is 0 Å². The lowest BCUT2D eigenvalue weighted by atomic mass is 10.2. The summed E-state index contributed by atoms with van der Waals surface area (Å²) in [5.74, 6) is 0.928. The number of amides is 1. The topological polar surface area (TPSA) is 56.8 Å². The Morgan fingerprint density at radius 1 is 1.12 bits per heavy atom. The van der Waals surface area contributed by atoms with Crippen molar-refractivity contribution in [3.63, 3.8) is 0 Å². The minimum Gasteiger partial charge on any atom is -0.491 e. The lowest BCUT2D eigenvalue weighted by Crippen LogP contribution is -2.30. The molecule has 0 aliphatic rings. The monoisotopic (exact) mass is 349 g/mol.